The van der Waals surface area contributed by atoms with Crippen molar-refractivity contribution in [2.75, 3.05) is 39.3 Å². The Morgan fingerprint density at radius 1 is 0.778 bits per heavy atom. The van der Waals surface area contributed by atoms with E-state index in [1.54, 1.807) is 12.1 Å². The third-order valence-electron chi connectivity index (χ3n) is 5.10. The molecule has 0 bridgehead atoms. The molecule has 1 aliphatic heterocycles. The molecule has 0 aliphatic carbocycles. The lowest BCUT2D eigenvalue weighted by atomic mass is 9.94. The van der Waals surface area contributed by atoms with Crippen LogP contribution in [-0.2, 0) is 0 Å². The highest BCUT2D eigenvalue weighted by atomic mass is 16.2. The topological polar surface area (TPSA) is 92.7 Å². The summed E-state index contributed by atoms with van der Waals surface area (Å²) in [6, 6.07) is 11.2. The zero-order valence-corrected chi connectivity index (χ0v) is 15.7. The molecule has 0 aromatic heterocycles. The molecule has 0 atom stereocenters. The van der Waals surface area contributed by atoms with Crippen LogP contribution < -0.4 is 11.5 Å². The molecule has 2 amide bonds. The van der Waals surface area contributed by atoms with Crippen molar-refractivity contribution >= 4 is 22.6 Å². The number of nitrogens with two attached hydrogens (primary N) is 2. The monoisotopic (exact) mass is 368 g/mol. The summed E-state index contributed by atoms with van der Waals surface area (Å²) in [6.45, 7) is 4.11. The Hall–Kier alpha value is -2.28. The first-order valence-electron chi connectivity index (χ1n) is 9.67. The van der Waals surface area contributed by atoms with Crippen molar-refractivity contribution in [2.45, 2.75) is 19.3 Å². The maximum Gasteiger partial charge on any atom is 0.261 e. The van der Waals surface area contributed by atoms with E-state index in [2.05, 4.69) is 4.90 Å². The maximum atomic E-state index is 13.0. The molecule has 0 saturated heterocycles. The van der Waals surface area contributed by atoms with Crippen LogP contribution in [0.15, 0.2) is 36.4 Å². The van der Waals surface area contributed by atoms with Gasteiger partial charge in [0.2, 0.25) is 0 Å². The molecule has 1 heterocycles. The fourth-order valence-corrected chi connectivity index (χ4v) is 3.66. The van der Waals surface area contributed by atoms with Gasteiger partial charge in [-0.1, -0.05) is 24.3 Å². The smallest absolute Gasteiger partial charge is 0.261 e. The minimum absolute atomic E-state index is 0.204. The number of benzene rings is 2. The van der Waals surface area contributed by atoms with Gasteiger partial charge < -0.3 is 16.4 Å². The van der Waals surface area contributed by atoms with E-state index in [1.807, 2.05) is 24.3 Å². The van der Waals surface area contributed by atoms with E-state index in [9.17, 15) is 9.59 Å². The van der Waals surface area contributed by atoms with Gasteiger partial charge in [-0.2, -0.15) is 0 Å². The number of imide groups is 1. The molecular weight excluding hydrogens is 340 g/mol. The average Bonchev–Trinajstić information content (AvgIpc) is 2.69. The largest absolute Gasteiger partial charge is 0.330 e. The molecule has 0 fully saturated rings. The minimum atomic E-state index is -0.204. The number of carbonyl (C=O) groups is 2. The first kappa shape index (κ1) is 19.5. The van der Waals surface area contributed by atoms with Crippen molar-refractivity contribution in [1.29, 1.82) is 0 Å². The summed E-state index contributed by atoms with van der Waals surface area (Å²) in [5.41, 5.74) is 12.5. The number of amides is 2. The fourth-order valence-electron chi connectivity index (χ4n) is 3.66. The Morgan fingerprint density at radius 2 is 1.37 bits per heavy atom. The van der Waals surface area contributed by atoms with Crippen LogP contribution in [0.2, 0.25) is 0 Å². The molecule has 27 heavy (non-hydrogen) atoms. The van der Waals surface area contributed by atoms with Gasteiger partial charge in [0.1, 0.15) is 0 Å². The third-order valence-corrected chi connectivity index (χ3v) is 5.10. The highest BCUT2D eigenvalue weighted by Crippen LogP contribution is 2.29. The van der Waals surface area contributed by atoms with E-state index in [4.69, 9.17) is 11.5 Å². The van der Waals surface area contributed by atoms with E-state index in [-0.39, 0.29) is 11.8 Å². The van der Waals surface area contributed by atoms with E-state index >= 15 is 0 Å². The molecule has 0 unspecified atom stereocenters. The van der Waals surface area contributed by atoms with Crippen molar-refractivity contribution in [2.24, 2.45) is 11.5 Å². The maximum absolute atomic E-state index is 13.0. The van der Waals surface area contributed by atoms with Gasteiger partial charge >= 0.3 is 0 Å². The van der Waals surface area contributed by atoms with Crippen LogP contribution in [0.25, 0.3) is 10.8 Å². The van der Waals surface area contributed by atoms with E-state index in [0.717, 1.165) is 43.1 Å². The van der Waals surface area contributed by atoms with Gasteiger partial charge in [0.25, 0.3) is 11.8 Å². The summed E-state index contributed by atoms with van der Waals surface area (Å²) >= 11 is 0. The van der Waals surface area contributed by atoms with Gasteiger partial charge in [0, 0.05) is 29.6 Å². The second kappa shape index (κ2) is 9.08. The van der Waals surface area contributed by atoms with Crippen molar-refractivity contribution in [3.8, 4) is 0 Å². The second-order valence-electron chi connectivity index (χ2n) is 6.95. The standard InChI is InChI=1S/C21H28N4O2/c22-10-1-2-12-24(13-5-11-23)14-15-25-20(26)17-8-3-6-16-7-4-9-18(19(16)17)21(25)27/h3-4,6-9H,1-2,5,10-15,22-23H2. The molecule has 3 rings (SSSR count). The van der Waals surface area contributed by atoms with E-state index in [1.165, 1.54) is 4.90 Å². The molecule has 144 valence electrons. The minimum Gasteiger partial charge on any atom is -0.330 e. The Labute approximate surface area is 160 Å². The summed E-state index contributed by atoms with van der Waals surface area (Å²) in [4.78, 5) is 29.6. The molecule has 2 aromatic rings. The zero-order chi connectivity index (χ0) is 19.2. The van der Waals surface area contributed by atoms with Crippen LogP contribution in [0, 0.1) is 0 Å². The number of hydrogen-bond donors (Lipinski definition) is 2. The molecule has 1 aliphatic rings. The predicted molar refractivity (Wildman–Crippen MR) is 108 cm³/mol. The summed E-state index contributed by atoms with van der Waals surface area (Å²) in [5, 5.41) is 1.70. The van der Waals surface area contributed by atoms with Crippen molar-refractivity contribution in [3.63, 3.8) is 0 Å². The Morgan fingerprint density at radius 3 is 1.96 bits per heavy atom. The number of rotatable bonds is 10. The van der Waals surface area contributed by atoms with Gasteiger partial charge in [-0.25, -0.2) is 0 Å². The lowest BCUT2D eigenvalue weighted by Crippen LogP contribution is -2.45. The molecule has 0 saturated carbocycles. The van der Waals surface area contributed by atoms with Gasteiger partial charge in [-0.3, -0.25) is 14.5 Å². The number of hydrogen-bond acceptors (Lipinski definition) is 5. The summed E-state index contributed by atoms with van der Waals surface area (Å²) in [7, 11) is 0. The number of carbonyl (C=O) groups excluding carboxylic acids is 2. The Kier molecular flexibility index (Phi) is 6.55. The molecule has 2 aromatic carbocycles. The van der Waals surface area contributed by atoms with Crippen molar-refractivity contribution in [3.05, 3.63) is 47.5 Å². The summed E-state index contributed by atoms with van der Waals surface area (Å²) in [6.07, 6.45) is 2.87. The normalized spacial score (nSPS) is 13.8. The molecule has 6 heteroatoms. The van der Waals surface area contributed by atoms with Crippen LogP contribution in [0.3, 0.4) is 0 Å². The highest BCUT2D eigenvalue weighted by Gasteiger charge is 2.32. The summed E-state index contributed by atoms with van der Waals surface area (Å²) < 4.78 is 0. The molecular formula is C21H28N4O2. The first-order chi connectivity index (χ1) is 13.2. The van der Waals surface area contributed by atoms with Gasteiger partial charge in [0.15, 0.2) is 0 Å². The number of unbranched alkanes of at least 4 members (excludes halogenated alkanes) is 1. The van der Waals surface area contributed by atoms with Gasteiger partial charge in [-0.05, 0) is 63.0 Å². The van der Waals surface area contributed by atoms with Crippen LogP contribution in [-0.4, -0.2) is 60.9 Å². The summed E-state index contributed by atoms with van der Waals surface area (Å²) in [5.74, 6) is -0.407. The molecule has 0 spiro atoms. The third kappa shape index (κ3) is 4.18. The van der Waals surface area contributed by atoms with Crippen LogP contribution in [0.5, 0.6) is 0 Å². The Balaban J connectivity index is 1.75. The lowest BCUT2D eigenvalue weighted by Gasteiger charge is -2.30. The molecule has 0 radical (unpaired) electrons. The second-order valence-corrected chi connectivity index (χ2v) is 6.95. The zero-order valence-electron chi connectivity index (χ0n) is 15.7. The van der Waals surface area contributed by atoms with E-state index in [0.29, 0.717) is 37.3 Å². The lowest BCUT2D eigenvalue weighted by molar-refractivity contribution is 0.0592. The predicted octanol–water partition coefficient (Wildman–Crippen LogP) is 1.83. The van der Waals surface area contributed by atoms with Crippen LogP contribution in [0.1, 0.15) is 40.0 Å². The van der Waals surface area contributed by atoms with Crippen LogP contribution in [0.4, 0.5) is 0 Å². The quantitative estimate of drug-likeness (QED) is 0.493. The Bertz CT molecular complexity index is 770. The SMILES string of the molecule is NCCCCN(CCCN)CCN1C(=O)c2cccc3cccc(c23)C1=O. The first-order valence-corrected chi connectivity index (χ1v) is 9.67. The molecule has 6 nitrogen and oxygen atoms in total. The molecule has 4 N–H and O–H groups in total. The van der Waals surface area contributed by atoms with Crippen molar-refractivity contribution in [1.82, 2.24) is 9.80 Å². The number of nitrogens with zero attached hydrogens (tertiary/aromatic N) is 2. The van der Waals surface area contributed by atoms with Crippen LogP contribution >= 0.6 is 0 Å². The van der Waals surface area contributed by atoms with Gasteiger partial charge in [-0.15, -0.1) is 0 Å². The highest BCUT2D eigenvalue weighted by molar-refractivity contribution is 6.25. The average molecular weight is 368 g/mol. The fraction of sp³-hybridized carbons (Fsp3) is 0.429. The van der Waals surface area contributed by atoms with Gasteiger partial charge in [0.05, 0.1) is 0 Å². The van der Waals surface area contributed by atoms with Crippen molar-refractivity contribution < 1.29 is 9.59 Å². The van der Waals surface area contributed by atoms with E-state index < -0.39 is 0 Å².